The Balaban J connectivity index is 1.58. The van der Waals surface area contributed by atoms with E-state index >= 15 is 0 Å². The van der Waals surface area contributed by atoms with Gasteiger partial charge < -0.3 is 20.9 Å². The van der Waals surface area contributed by atoms with Crippen LogP contribution in [0.15, 0.2) is 42.7 Å². The molecular formula is C23H27N7O2. The SMILES string of the molecule is CN(C)C(=O)C[C@@H]1CCCN(c2cnc(C(N)=O)c(Nc3ccc4ncccc4c3)n2)C1. The summed E-state index contributed by atoms with van der Waals surface area (Å²) in [6.07, 6.45) is 5.79. The number of pyridine rings is 1. The number of nitrogens with two attached hydrogens (primary N) is 1. The molecule has 1 aliphatic heterocycles. The average molecular weight is 434 g/mol. The number of rotatable bonds is 6. The first-order chi connectivity index (χ1) is 15.4. The molecule has 1 fully saturated rings. The molecule has 9 heteroatoms. The van der Waals surface area contributed by atoms with Crippen molar-refractivity contribution in [1.82, 2.24) is 19.9 Å². The number of carbonyl (C=O) groups is 2. The molecule has 0 aliphatic carbocycles. The topological polar surface area (TPSA) is 117 Å². The second-order valence-corrected chi connectivity index (χ2v) is 8.27. The minimum absolute atomic E-state index is 0.0800. The third-order valence-corrected chi connectivity index (χ3v) is 5.66. The zero-order chi connectivity index (χ0) is 22.7. The Morgan fingerprint density at radius 1 is 1.25 bits per heavy atom. The second-order valence-electron chi connectivity index (χ2n) is 8.27. The van der Waals surface area contributed by atoms with Gasteiger partial charge >= 0.3 is 0 Å². The standard InChI is InChI=1S/C23H27N7O2/c1-29(2)20(31)11-15-5-4-10-30(14-15)19-13-26-21(22(24)32)23(28-19)27-17-7-8-18-16(12-17)6-3-9-25-18/h3,6-9,12-13,15H,4-5,10-11,14H2,1-2H3,(H2,24,32)(H,27,28)/t15-/m0/s1. The molecule has 0 radical (unpaired) electrons. The lowest BCUT2D eigenvalue weighted by molar-refractivity contribution is -0.129. The van der Waals surface area contributed by atoms with Crippen LogP contribution in [0, 0.1) is 5.92 Å². The Morgan fingerprint density at radius 3 is 2.88 bits per heavy atom. The van der Waals surface area contributed by atoms with Crippen LogP contribution in [0.4, 0.5) is 17.3 Å². The van der Waals surface area contributed by atoms with E-state index in [2.05, 4.69) is 25.2 Å². The Kier molecular flexibility index (Phi) is 6.16. The number of nitrogens with zero attached hydrogens (tertiary/aromatic N) is 5. The summed E-state index contributed by atoms with van der Waals surface area (Å²) in [5, 5.41) is 4.16. The average Bonchev–Trinajstić information content (AvgIpc) is 2.79. The van der Waals surface area contributed by atoms with Gasteiger partial charge in [-0.25, -0.2) is 9.97 Å². The third kappa shape index (κ3) is 4.77. The molecule has 9 nitrogen and oxygen atoms in total. The molecule has 166 valence electrons. The van der Waals surface area contributed by atoms with Crippen molar-refractivity contribution in [2.24, 2.45) is 11.7 Å². The molecular weight excluding hydrogens is 406 g/mol. The highest BCUT2D eigenvalue weighted by Crippen LogP contribution is 2.27. The normalized spacial score (nSPS) is 16.1. The van der Waals surface area contributed by atoms with Crippen molar-refractivity contribution in [1.29, 1.82) is 0 Å². The van der Waals surface area contributed by atoms with Crippen molar-refractivity contribution in [2.75, 3.05) is 37.4 Å². The molecule has 0 unspecified atom stereocenters. The highest BCUT2D eigenvalue weighted by Gasteiger charge is 2.25. The summed E-state index contributed by atoms with van der Waals surface area (Å²) >= 11 is 0. The van der Waals surface area contributed by atoms with Crippen molar-refractivity contribution in [3.05, 3.63) is 48.4 Å². The summed E-state index contributed by atoms with van der Waals surface area (Å²) in [7, 11) is 3.55. The van der Waals surface area contributed by atoms with E-state index in [-0.39, 0.29) is 17.5 Å². The fourth-order valence-corrected chi connectivity index (χ4v) is 3.96. The summed E-state index contributed by atoms with van der Waals surface area (Å²) in [6, 6.07) is 9.54. The van der Waals surface area contributed by atoms with Gasteiger partial charge in [0.15, 0.2) is 11.5 Å². The van der Waals surface area contributed by atoms with E-state index in [1.54, 1.807) is 31.4 Å². The molecule has 4 rings (SSSR count). The number of anilines is 3. The van der Waals surface area contributed by atoms with Gasteiger partial charge in [0.1, 0.15) is 5.82 Å². The molecule has 2 amide bonds. The fourth-order valence-electron chi connectivity index (χ4n) is 3.96. The van der Waals surface area contributed by atoms with E-state index in [1.807, 2.05) is 30.3 Å². The maximum atomic E-state index is 12.1. The molecule has 3 N–H and O–H groups in total. The first-order valence-electron chi connectivity index (χ1n) is 10.6. The molecule has 0 saturated carbocycles. The van der Waals surface area contributed by atoms with Crippen LogP contribution < -0.4 is 16.0 Å². The number of aromatic nitrogens is 3. The number of piperidine rings is 1. The third-order valence-electron chi connectivity index (χ3n) is 5.66. The predicted molar refractivity (Wildman–Crippen MR) is 124 cm³/mol. The highest BCUT2D eigenvalue weighted by molar-refractivity contribution is 5.96. The molecule has 1 atom stereocenters. The molecule has 0 bridgehead atoms. The Bertz CT molecular complexity index is 1150. The van der Waals surface area contributed by atoms with E-state index in [1.165, 1.54) is 0 Å². The van der Waals surface area contributed by atoms with Gasteiger partial charge in [-0.3, -0.25) is 14.6 Å². The number of benzene rings is 1. The van der Waals surface area contributed by atoms with Crippen LogP contribution in [0.1, 0.15) is 29.8 Å². The largest absolute Gasteiger partial charge is 0.364 e. The van der Waals surface area contributed by atoms with Crippen molar-refractivity contribution in [3.8, 4) is 0 Å². The number of primary amides is 1. The van der Waals surface area contributed by atoms with Gasteiger partial charge in [-0.05, 0) is 43.0 Å². The van der Waals surface area contributed by atoms with Gasteiger partial charge in [0, 0.05) is 50.9 Å². The Hall–Kier alpha value is -3.75. The Labute approximate surface area is 186 Å². The molecule has 3 heterocycles. The van der Waals surface area contributed by atoms with Crippen molar-refractivity contribution >= 4 is 40.0 Å². The predicted octanol–water partition coefficient (Wildman–Crippen LogP) is 2.56. The number of carbonyl (C=O) groups excluding carboxylic acids is 2. The van der Waals surface area contributed by atoms with Crippen LogP contribution in [0.5, 0.6) is 0 Å². The van der Waals surface area contributed by atoms with Crippen LogP contribution in [0.2, 0.25) is 0 Å². The van der Waals surface area contributed by atoms with Gasteiger partial charge in [-0.15, -0.1) is 0 Å². The molecule has 32 heavy (non-hydrogen) atoms. The van der Waals surface area contributed by atoms with Crippen LogP contribution in [-0.2, 0) is 4.79 Å². The first-order valence-corrected chi connectivity index (χ1v) is 10.6. The minimum Gasteiger partial charge on any atom is -0.364 e. The lowest BCUT2D eigenvalue weighted by Crippen LogP contribution is -2.38. The number of amides is 2. The molecule has 1 aliphatic rings. The van der Waals surface area contributed by atoms with Gasteiger partial charge in [-0.1, -0.05) is 6.07 Å². The zero-order valence-electron chi connectivity index (χ0n) is 18.3. The van der Waals surface area contributed by atoms with Crippen LogP contribution in [0.3, 0.4) is 0 Å². The smallest absolute Gasteiger partial charge is 0.271 e. The number of hydrogen-bond acceptors (Lipinski definition) is 7. The van der Waals surface area contributed by atoms with E-state index in [0.717, 1.165) is 36.0 Å². The van der Waals surface area contributed by atoms with Crippen molar-refractivity contribution in [2.45, 2.75) is 19.3 Å². The highest BCUT2D eigenvalue weighted by atomic mass is 16.2. The van der Waals surface area contributed by atoms with Gasteiger partial charge in [0.2, 0.25) is 5.91 Å². The molecule has 1 aromatic carbocycles. The van der Waals surface area contributed by atoms with Gasteiger partial charge in [0.25, 0.3) is 5.91 Å². The first kappa shape index (κ1) is 21.5. The van der Waals surface area contributed by atoms with Gasteiger partial charge in [0.05, 0.1) is 11.7 Å². The van der Waals surface area contributed by atoms with Crippen LogP contribution in [-0.4, -0.2) is 58.9 Å². The summed E-state index contributed by atoms with van der Waals surface area (Å²) in [6.45, 7) is 1.53. The molecule has 2 aromatic heterocycles. The lowest BCUT2D eigenvalue weighted by Gasteiger charge is -2.33. The zero-order valence-corrected chi connectivity index (χ0v) is 18.3. The fraction of sp³-hybridized carbons (Fsp3) is 0.348. The monoisotopic (exact) mass is 433 g/mol. The summed E-state index contributed by atoms with van der Waals surface area (Å²) in [5.41, 5.74) is 7.26. The quantitative estimate of drug-likeness (QED) is 0.613. The summed E-state index contributed by atoms with van der Waals surface area (Å²) in [5.74, 6) is 0.689. The van der Waals surface area contributed by atoms with E-state index in [9.17, 15) is 9.59 Å². The lowest BCUT2D eigenvalue weighted by atomic mass is 9.94. The van der Waals surface area contributed by atoms with Crippen molar-refractivity contribution < 1.29 is 9.59 Å². The Morgan fingerprint density at radius 2 is 2.09 bits per heavy atom. The van der Waals surface area contributed by atoms with Crippen molar-refractivity contribution in [3.63, 3.8) is 0 Å². The van der Waals surface area contributed by atoms with E-state index in [4.69, 9.17) is 5.73 Å². The molecule has 0 spiro atoms. The van der Waals surface area contributed by atoms with Crippen LogP contribution in [0.25, 0.3) is 10.9 Å². The summed E-state index contributed by atoms with van der Waals surface area (Å²) in [4.78, 5) is 41.1. The van der Waals surface area contributed by atoms with E-state index in [0.29, 0.717) is 24.6 Å². The second kappa shape index (κ2) is 9.17. The molecule has 1 saturated heterocycles. The number of nitrogens with one attached hydrogen (secondary N) is 1. The maximum Gasteiger partial charge on any atom is 0.271 e. The minimum atomic E-state index is -0.651. The van der Waals surface area contributed by atoms with E-state index < -0.39 is 5.91 Å². The number of hydrogen-bond donors (Lipinski definition) is 2. The van der Waals surface area contributed by atoms with Gasteiger partial charge in [-0.2, -0.15) is 0 Å². The number of fused-ring (bicyclic) bond motifs is 1. The van der Waals surface area contributed by atoms with Crippen LogP contribution >= 0.6 is 0 Å². The summed E-state index contributed by atoms with van der Waals surface area (Å²) < 4.78 is 0. The maximum absolute atomic E-state index is 12.1. The molecule has 3 aromatic rings.